The minimum Gasteiger partial charge on any atom is -0.491 e. The van der Waals surface area contributed by atoms with Gasteiger partial charge in [-0.15, -0.1) is 11.3 Å². The highest BCUT2D eigenvalue weighted by Crippen LogP contribution is 2.33. The molecule has 0 spiro atoms. The molecule has 5 aromatic rings. The Balaban J connectivity index is 0.969. The largest absolute Gasteiger partial charge is 0.491 e. The first kappa shape index (κ1) is 33.6. The van der Waals surface area contributed by atoms with E-state index in [0.717, 1.165) is 47.5 Å². The van der Waals surface area contributed by atoms with Crippen molar-refractivity contribution in [2.45, 2.75) is 25.8 Å². The van der Waals surface area contributed by atoms with Gasteiger partial charge < -0.3 is 20.1 Å². The lowest BCUT2D eigenvalue weighted by molar-refractivity contribution is 0.0690. The normalized spacial score (nSPS) is 14.5. The molecule has 1 amide bonds. The molecule has 0 bridgehead atoms. The number of aryl methyl sites for hydroxylation is 1. The number of carbonyl (C=O) groups is 2. The third-order valence-electron chi connectivity index (χ3n) is 8.67. The summed E-state index contributed by atoms with van der Waals surface area (Å²) in [6, 6.07) is 18.2. The number of nitrogens with zero attached hydrogens (tertiary/aromatic N) is 4. The van der Waals surface area contributed by atoms with Crippen LogP contribution in [0.2, 0.25) is 0 Å². The number of benzene rings is 3. The lowest BCUT2D eigenvalue weighted by Crippen LogP contribution is -2.43. The summed E-state index contributed by atoms with van der Waals surface area (Å²) in [6.45, 7) is 5.72. The molecule has 3 aromatic carbocycles. The molecule has 0 aliphatic carbocycles. The van der Waals surface area contributed by atoms with Crippen molar-refractivity contribution in [3.8, 4) is 17.6 Å². The first-order valence-electron chi connectivity index (χ1n) is 16.5. The highest BCUT2D eigenvalue weighted by molar-refractivity contribution is 7.22. The van der Waals surface area contributed by atoms with Crippen molar-refractivity contribution in [3.63, 3.8) is 0 Å². The first-order valence-corrected chi connectivity index (χ1v) is 18.1. The second kappa shape index (κ2) is 15.3. The third kappa shape index (κ3) is 7.79. The number of fused-ring (bicyclic) bond motifs is 2. The summed E-state index contributed by atoms with van der Waals surface area (Å²) >= 11 is 2.75. The van der Waals surface area contributed by atoms with Gasteiger partial charge in [0.25, 0.3) is 5.91 Å². The molecule has 0 atom stereocenters. The molecule has 50 heavy (non-hydrogen) atoms. The molecular weight excluding hydrogens is 676 g/mol. The van der Waals surface area contributed by atoms with Gasteiger partial charge in [0.05, 0.1) is 23.4 Å². The maximum absolute atomic E-state index is 14.8. The Kier molecular flexibility index (Phi) is 10.3. The molecule has 2 aliphatic rings. The number of rotatable bonds is 10. The summed E-state index contributed by atoms with van der Waals surface area (Å²) in [5, 5.41) is 17.3. The molecule has 0 saturated carbocycles. The third-order valence-corrected chi connectivity index (χ3v) is 10.8. The quantitative estimate of drug-likeness (QED) is 0.124. The van der Waals surface area contributed by atoms with Gasteiger partial charge >= 0.3 is 5.97 Å². The Bertz CT molecular complexity index is 2070. The maximum atomic E-state index is 14.8. The number of carboxylic acid groups (broad SMARTS) is 1. The van der Waals surface area contributed by atoms with Crippen molar-refractivity contribution in [3.05, 3.63) is 99.3 Å². The molecule has 10 nitrogen and oxygen atoms in total. The number of anilines is 2. The van der Waals surface area contributed by atoms with Crippen LogP contribution >= 0.6 is 22.7 Å². The Morgan fingerprint density at radius 1 is 1.04 bits per heavy atom. The molecule has 7 rings (SSSR count). The van der Waals surface area contributed by atoms with E-state index in [0.29, 0.717) is 65.2 Å². The fraction of sp³-hybridized carbons (Fsp3) is 0.297. The number of carboxylic acids is 1. The number of para-hydroxylation sites is 1. The predicted octanol–water partition coefficient (Wildman–Crippen LogP) is 5.67. The van der Waals surface area contributed by atoms with Crippen LogP contribution in [-0.2, 0) is 19.4 Å². The number of ether oxygens (including phenoxy) is 1. The van der Waals surface area contributed by atoms with Gasteiger partial charge in [0, 0.05) is 55.3 Å². The molecule has 2 aliphatic heterocycles. The Hall–Kier alpha value is -4.87. The highest BCUT2D eigenvalue weighted by atomic mass is 32.1. The van der Waals surface area contributed by atoms with Gasteiger partial charge in [-0.3, -0.25) is 15.0 Å². The summed E-state index contributed by atoms with van der Waals surface area (Å²) in [6.07, 6.45) is 1.58. The Labute approximate surface area is 296 Å². The minimum atomic E-state index is -1.10. The van der Waals surface area contributed by atoms with Crippen LogP contribution in [-0.4, -0.2) is 77.7 Å². The van der Waals surface area contributed by atoms with Crippen LogP contribution in [0, 0.1) is 17.7 Å². The van der Waals surface area contributed by atoms with Crippen molar-refractivity contribution in [2.75, 3.05) is 56.1 Å². The first-order chi connectivity index (χ1) is 24.4. The van der Waals surface area contributed by atoms with E-state index < -0.39 is 11.8 Å². The molecule has 256 valence electrons. The Morgan fingerprint density at radius 3 is 2.72 bits per heavy atom. The van der Waals surface area contributed by atoms with E-state index in [4.69, 9.17) is 4.74 Å². The fourth-order valence-electron chi connectivity index (χ4n) is 6.09. The number of halogens is 1. The summed E-state index contributed by atoms with van der Waals surface area (Å²) in [4.78, 5) is 39.6. The van der Waals surface area contributed by atoms with E-state index in [1.54, 1.807) is 18.2 Å². The average molecular weight is 711 g/mol. The van der Waals surface area contributed by atoms with E-state index in [9.17, 15) is 19.1 Å². The molecule has 2 aromatic heterocycles. The van der Waals surface area contributed by atoms with Gasteiger partial charge in [-0.05, 0) is 66.8 Å². The van der Waals surface area contributed by atoms with E-state index in [2.05, 4.69) is 37.3 Å². The summed E-state index contributed by atoms with van der Waals surface area (Å²) in [5.41, 5.74) is 3.95. The van der Waals surface area contributed by atoms with Crippen LogP contribution in [0.15, 0.2) is 60.7 Å². The van der Waals surface area contributed by atoms with Gasteiger partial charge in [-0.2, -0.15) is 0 Å². The number of carbonyl (C=O) groups excluding carboxylic acids is 1. The van der Waals surface area contributed by atoms with Crippen molar-refractivity contribution < 1.29 is 23.8 Å². The number of nitrogens with one attached hydrogen (secondary N) is 2. The zero-order valence-corrected chi connectivity index (χ0v) is 28.8. The lowest BCUT2D eigenvalue weighted by Gasteiger charge is -2.29. The van der Waals surface area contributed by atoms with Crippen molar-refractivity contribution >= 4 is 55.0 Å². The van der Waals surface area contributed by atoms with Crippen LogP contribution < -0.4 is 20.3 Å². The van der Waals surface area contributed by atoms with Crippen LogP contribution in [0.1, 0.15) is 48.8 Å². The van der Waals surface area contributed by atoms with Gasteiger partial charge in [0.1, 0.15) is 0 Å². The second-order valence-corrected chi connectivity index (χ2v) is 14.1. The van der Waals surface area contributed by atoms with Gasteiger partial charge in [0.15, 0.2) is 27.5 Å². The highest BCUT2D eigenvalue weighted by Gasteiger charge is 2.27. The van der Waals surface area contributed by atoms with Gasteiger partial charge in [-0.1, -0.05) is 47.4 Å². The number of piperazine rings is 1. The topological polar surface area (TPSA) is 120 Å². The van der Waals surface area contributed by atoms with Crippen LogP contribution in [0.3, 0.4) is 0 Å². The lowest BCUT2D eigenvalue weighted by atomic mass is 9.94. The van der Waals surface area contributed by atoms with Crippen molar-refractivity contribution in [1.82, 2.24) is 20.2 Å². The summed E-state index contributed by atoms with van der Waals surface area (Å²) in [7, 11) is 0. The molecule has 1 fully saturated rings. The van der Waals surface area contributed by atoms with E-state index in [1.165, 1.54) is 28.7 Å². The smallest absolute Gasteiger partial charge is 0.355 e. The monoisotopic (exact) mass is 710 g/mol. The zero-order chi connectivity index (χ0) is 34.5. The molecule has 3 N–H and O–H groups in total. The van der Waals surface area contributed by atoms with E-state index in [1.807, 2.05) is 41.3 Å². The fourth-order valence-corrected chi connectivity index (χ4v) is 8.07. The van der Waals surface area contributed by atoms with E-state index in [-0.39, 0.29) is 24.0 Å². The molecule has 0 unspecified atom stereocenters. The SMILES string of the molecule is O=C(Nc1nc2ccccc2s1)c1cccc2c1CN(c1nc(C(=O)O)c(CCCOc3ccc(C#CCN4CCNCC4)cc3F)s1)CC2. The number of hydrogen-bond donors (Lipinski definition) is 3. The van der Waals surface area contributed by atoms with Crippen molar-refractivity contribution in [2.24, 2.45) is 0 Å². The van der Waals surface area contributed by atoms with Gasteiger partial charge in [0.2, 0.25) is 0 Å². The predicted molar refractivity (Wildman–Crippen MR) is 194 cm³/mol. The molecule has 1 saturated heterocycles. The van der Waals surface area contributed by atoms with Gasteiger partial charge in [-0.25, -0.2) is 19.2 Å². The average Bonchev–Trinajstić information content (AvgIpc) is 3.75. The standard InChI is InChI=1S/C37H35FN6O4S2/c38-28-22-24(6-4-17-43-19-15-39-16-20-43)12-13-30(28)48-21-5-11-32-33(35(46)47)41-37(50-32)44-18-14-25-7-3-8-26(27(25)23-44)34(45)42-36-40-29-9-1-2-10-31(29)49-36/h1-3,7-10,12-13,22,39H,5,11,14-21,23H2,(H,46,47)(H,40,42,45). The van der Waals surface area contributed by atoms with E-state index >= 15 is 0 Å². The number of aromatic nitrogens is 2. The maximum Gasteiger partial charge on any atom is 0.355 e. The van der Waals surface area contributed by atoms with Crippen LogP contribution in [0.5, 0.6) is 5.75 Å². The Morgan fingerprint density at radius 2 is 1.90 bits per heavy atom. The van der Waals surface area contributed by atoms with Crippen molar-refractivity contribution in [1.29, 1.82) is 0 Å². The number of aromatic carboxylic acids is 1. The second-order valence-electron chi connectivity index (χ2n) is 12.1. The molecule has 13 heteroatoms. The molecular formula is C37H35FN6O4S2. The number of hydrogen-bond acceptors (Lipinski definition) is 10. The van der Waals surface area contributed by atoms with Crippen LogP contribution in [0.25, 0.3) is 10.2 Å². The minimum absolute atomic E-state index is 0.00702. The molecule has 4 heterocycles. The molecule has 0 radical (unpaired) electrons. The van der Waals surface area contributed by atoms with Crippen LogP contribution in [0.4, 0.5) is 14.7 Å². The number of amides is 1. The summed E-state index contributed by atoms with van der Waals surface area (Å²) in [5.74, 6) is 4.46. The summed E-state index contributed by atoms with van der Waals surface area (Å²) < 4.78 is 21.5. The zero-order valence-electron chi connectivity index (χ0n) is 27.2. The number of thiazole rings is 2.